The van der Waals surface area contributed by atoms with Crippen LogP contribution in [-0.2, 0) is 27.1 Å². The van der Waals surface area contributed by atoms with E-state index in [2.05, 4.69) is 0 Å². The summed E-state index contributed by atoms with van der Waals surface area (Å²) in [4.78, 5) is 0. The fraction of sp³-hybridized carbons (Fsp3) is 0.455. The van der Waals surface area contributed by atoms with Gasteiger partial charge in [-0.05, 0) is 48.2 Å². The van der Waals surface area contributed by atoms with Gasteiger partial charge in [-0.3, -0.25) is 0 Å². The quantitative estimate of drug-likeness (QED) is 0.389. The highest BCUT2D eigenvalue weighted by Gasteiger charge is 2.26. The lowest BCUT2D eigenvalue weighted by Gasteiger charge is -2.00. The molecule has 0 radical (unpaired) electrons. The van der Waals surface area contributed by atoms with Crippen molar-refractivity contribution in [1.29, 1.82) is 0 Å². The zero-order valence-corrected chi connectivity index (χ0v) is 16.4. The highest BCUT2D eigenvalue weighted by atomic mass is 16.6. The van der Waals surface area contributed by atoms with Gasteiger partial charge in [-0.2, -0.15) is 0 Å². The number of aromatic hydroxyl groups is 2. The third-order valence-electron chi connectivity index (χ3n) is 4.09. The minimum absolute atomic E-state index is 0.169. The van der Waals surface area contributed by atoms with E-state index in [-0.39, 0.29) is 24.7 Å². The Hall–Kier alpha value is -2.16. The summed E-state index contributed by atoms with van der Waals surface area (Å²) in [5.41, 5.74) is 2.28. The van der Waals surface area contributed by atoms with Crippen LogP contribution in [0.15, 0.2) is 48.5 Å². The third-order valence-corrected chi connectivity index (χ3v) is 4.09. The van der Waals surface area contributed by atoms with Gasteiger partial charge >= 0.3 is 0 Å². The van der Waals surface area contributed by atoms with Gasteiger partial charge in [0.1, 0.15) is 23.7 Å². The molecule has 29 heavy (non-hydrogen) atoms. The van der Waals surface area contributed by atoms with Gasteiger partial charge in [0, 0.05) is 13.2 Å². The van der Waals surface area contributed by atoms with Crippen LogP contribution in [0.1, 0.15) is 11.1 Å². The fourth-order valence-electron chi connectivity index (χ4n) is 2.24. The molecule has 2 aromatic carbocycles. The minimum Gasteiger partial charge on any atom is -0.508 e. The number of hydrogen-bond donors (Lipinski definition) is 4. The number of hydrogen-bond acceptors (Lipinski definition) is 7. The summed E-state index contributed by atoms with van der Waals surface area (Å²) >= 11 is 0. The van der Waals surface area contributed by atoms with Crippen molar-refractivity contribution < 1.29 is 34.6 Å². The largest absolute Gasteiger partial charge is 0.508 e. The Balaban J connectivity index is 0.000000159. The molecule has 7 nitrogen and oxygen atoms in total. The van der Waals surface area contributed by atoms with Gasteiger partial charge in [0.25, 0.3) is 0 Å². The average Bonchev–Trinajstić information content (AvgIpc) is 3.63. The average molecular weight is 406 g/mol. The smallest absolute Gasteiger partial charge is 0.115 e. The first-order valence-corrected chi connectivity index (χ1v) is 9.69. The second-order valence-corrected chi connectivity index (χ2v) is 6.73. The molecular weight excluding hydrogens is 376 g/mol. The summed E-state index contributed by atoms with van der Waals surface area (Å²) in [6.07, 6.45) is 2.20. The molecule has 0 bridgehead atoms. The molecule has 0 spiro atoms. The standard InChI is InChI=1S/C10H14O2.C6H10O3.C6H6O2/c11-7-5-9-1-2-10(4-3-9)6-8-12;1(5-3-8-5)7-2-6-4-9-6;7-5-1-2-6(8)4-3-5/h1-4,11-12H,5-8H2;5-6H,1-4H2;1-4,7-8H. The number of benzene rings is 2. The van der Waals surface area contributed by atoms with E-state index in [1.54, 1.807) is 0 Å². The number of phenols is 2. The molecule has 0 amide bonds. The van der Waals surface area contributed by atoms with Crippen LogP contribution in [0.25, 0.3) is 0 Å². The maximum absolute atomic E-state index is 8.65. The Morgan fingerprint density at radius 2 is 1.03 bits per heavy atom. The number of ether oxygens (including phenoxy) is 3. The molecular formula is C22H30O7. The van der Waals surface area contributed by atoms with Crippen LogP contribution in [-0.4, -0.2) is 72.3 Å². The second-order valence-electron chi connectivity index (χ2n) is 6.73. The molecule has 2 heterocycles. The van der Waals surface area contributed by atoms with Crippen LogP contribution in [0.2, 0.25) is 0 Å². The zero-order valence-electron chi connectivity index (χ0n) is 16.4. The topological polar surface area (TPSA) is 115 Å². The Bertz CT molecular complexity index is 607. The van der Waals surface area contributed by atoms with Crippen molar-refractivity contribution in [2.24, 2.45) is 0 Å². The number of aliphatic hydroxyl groups is 2. The van der Waals surface area contributed by atoms with E-state index < -0.39 is 0 Å². The van der Waals surface area contributed by atoms with Gasteiger partial charge < -0.3 is 34.6 Å². The first-order valence-electron chi connectivity index (χ1n) is 9.69. The minimum atomic E-state index is 0.169. The summed E-state index contributed by atoms with van der Waals surface area (Å²) in [6.45, 7) is 3.65. The lowest BCUT2D eigenvalue weighted by Crippen LogP contribution is -2.06. The van der Waals surface area contributed by atoms with Crippen molar-refractivity contribution >= 4 is 0 Å². The van der Waals surface area contributed by atoms with Gasteiger partial charge in [0.15, 0.2) is 0 Å². The molecule has 2 aromatic rings. The summed E-state index contributed by atoms with van der Waals surface area (Å²) in [5, 5.41) is 34.6. The summed E-state index contributed by atoms with van der Waals surface area (Å²) in [7, 11) is 0. The predicted molar refractivity (Wildman–Crippen MR) is 108 cm³/mol. The molecule has 0 aliphatic carbocycles. The highest BCUT2D eigenvalue weighted by Crippen LogP contribution is 2.13. The van der Waals surface area contributed by atoms with Gasteiger partial charge in [0.05, 0.1) is 26.4 Å². The van der Waals surface area contributed by atoms with Gasteiger partial charge in [0.2, 0.25) is 0 Å². The Kier molecular flexibility index (Phi) is 10.5. The SMILES string of the molecule is C(OCC1CO1)C1CO1.OCCc1ccc(CCO)cc1.Oc1ccc(O)cc1. The van der Waals surface area contributed by atoms with E-state index in [0.29, 0.717) is 25.0 Å². The third kappa shape index (κ3) is 11.4. The first kappa shape index (κ1) is 23.1. The van der Waals surface area contributed by atoms with Crippen molar-refractivity contribution in [3.63, 3.8) is 0 Å². The Morgan fingerprint density at radius 1 is 0.690 bits per heavy atom. The van der Waals surface area contributed by atoms with E-state index in [9.17, 15) is 0 Å². The maximum atomic E-state index is 8.65. The zero-order chi connectivity index (χ0) is 20.9. The van der Waals surface area contributed by atoms with Crippen LogP contribution in [0.3, 0.4) is 0 Å². The lowest BCUT2D eigenvalue weighted by atomic mass is 10.1. The molecule has 2 atom stereocenters. The molecule has 2 fully saturated rings. The van der Waals surface area contributed by atoms with Crippen LogP contribution >= 0.6 is 0 Å². The van der Waals surface area contributed by atoms with Crippen LogP contribution < -0.4 is 0 Å². The summed E-state index contributed by atoms with van der Waals surface area (Å²) < 4.78 is 15.1. The van der Waals surface area contributed by atoms with E-state index in [1.807, 2.05) is 24.3 Å². The van der Waals surface area contributed by atoms with E-state index in [1.165, 1.54) is 24.3 Å². The van der Waals surface area contributed by atoms with Gasteiger partial charge in [-0.15, -0.1) is 0 Å². The number of epoxide rings is 2. The Labute approximate surface area is 171 Å². The fourth-order valence-corrected chi connectivity index (χ4v) is 2.24. The highest BCUT2D eigenvalue weighted by molar-refractivity contribution is 5.28. The summed E-state index contributed by atoms with van der Waals surface area (Å²) in [5.74, 6) is 0.339. The molecule has 0 saturated carbocycles. The summed E-state index contributed by atoms with van der Waals surface area (Å²) in [6, 6.07) is 13.7. The van der Waals surface area contributed by atoms with E-state index >= 15 is 0 Å². The number of aliphatic hydroxyl groups excluding tert-OH is 2. The molecule has 2 unspecified atom stereocenters. The van der Waals surface area contributed by atoms with Crippen LogP contribution in [0, 0.1) is 0 Å². The maximum Gasteiger partial charge on any atom is 0.115 e. The normalized spacial score (nSPS) is 18.7. The lowest BCUT2D eigenvalue weighted by molar-refractivity contribution is 0.102. The molecule has 4 N–H and O–H groups in total. The van der Waals surface area contributed by atoms with E-state index in [0.717, 1.165) is 37.6 Å². The predicted octanol–water partition coefficient (Wildman–Crippen LogP) is 1.65. The monoisotopic (exact) mass is 406 g/mol. The van der Waals surface area contributed by atoms with Crippen LogP contribution in [0.5, 0.6) is 11.5 Å². The van der Waals surface area contributed by atoms with Crippen molar-refractivity contribution in [2.45, 2.75) is 25.0 Å². The number of phenolic OH excluding ortho intramolecular Hbond substituents is 2. The molecule has 2 saturated heterocycles. The van der Waals surface area contributed by atoms with Crippen molar-refractivity contribution in [2.75, 3.05) is 39.6 Å². The second kappa shape index (κ2) is 13.1. The molecule has 2 aliphatic rings. The van der Waals surface area contributed by atoms with E-state index in [4.69, 9.17) is 34.6 Å². The van der Waals surface area contributed by atoms with Gasteiger partial charge in [-0.1, -0.05) is 24.3 Å². The first-order chi connectivity index (χ1) is 14.1. The molecule has 7 heteroatoms. The molecule has 2 aliphatic heterocycles. The molecule has 0 aromatic heterocycles. The van der Waals surface area contributed by atoms with Gasteiger partial charge in [-0.25, -0.2) is 0 Å². The molecule has 4 rings (SSSR count). The van der Waals surface area contributed by atoms with Crippen molar-refractivity contribution in [1.82, 2.24) is 0 Å². The number of rotatable bonds is 8. The van der Waals surface area contributed by atoms with Crippen molar-refractivity contribution in [3.8, 4) is 11.5 Å². The van der Waals surface area contributed by atoms with Crippen molar-refractivity contribution in [3.05, 3.63) is 59.7 Å². The molecule has 160 valence electrons. The Morgan fingerprint density at radius 3 is 1.31 bits per heavy atom. The van der Waals surface area contributed by atoms with Crippen LogP contribution in [0.4, 0.5) is 0 Å².